The van der Waals surface area contributed by atoms with E-state index in [1.165, 1.54) is 0 Å². The third kappa shape index (κ3) is 2.02. The number of nitrogens with two attached hydrogens (primary N) is 1. The first-order valence-electron chi connectivity index (χ1n) is 5.13. The van der Waals surface area contributed by atoms with E-state index in [4.69, 9.17) is 10.3 Å². The predicted octanol–water partition coefficient (Wildman–Crippen LogP) is 0.404. The number of hydrogen-bond donors (Lipinski definition) is 1. The van der Waals surface area contributed by atoms with Crippen LogP contribution in [-0.4, -0.2) is 35.6 Å². The Hall–Kier alpha value is -1.36. The first-order valence-corrected chi connectivity index (χ1v) is 5.13. The zero-order valence-electron chi connectivity index (χ0n) is 8.77. The Balaban J connectivity index is 2.03. The third-order valence-electron chi connectivity index (χ3n) is 2.75. The minimum absolute atomic E-state index is 0.0773. The quantitative estimate of drug-likeness (QED) is 0.765. The highest BCUT2D eigenvalue weighted by Crippen LogP contribution is 2.17. The monoisotopic (exact) mass is 209 g/mol. The van der Waals surface area contributed by atoms with Crippen LogP contribution in [-0.2, 0) is 0 Å². The first kappa shape index (κ1) is 10.2. The van der Waals surface area contributed by atoms with Crippen molar-refractivity contribution < 1.29 is 9.32 Å². The molecule has 1 unspecified atom stereocenters. The summed E-state index contributed by atoms with van der Waals surface area (Å²) in [5, 5.41) is 3.70. The van der Waals surface area contributed by atoms with Crippen molar-refractivity contribution in [3.8, 4) is 0 Å². The van der Waals surface area contributed by atoms with Crippen LogP contribution in [0.3, 0.4) is 0 Å². The Kier molecular flexibility index (Phi) is 2.73. The minimum Gasteiger partial charge on any atom is -0.351 e. The van der Waals surface area contributed by atoms with E-state index < -0.39 is 0 Å². The van der Waals surface area contributed by atoms with E-state index in [0.717, 1.165) is 25.2 Å². The van der Waals surface area contributed by atoms with E-state index >= 15 is 0 Å². The van der Waals surface area contributed by atoms with Gasteiger partial charge >= 0.3 is 0 Å². The zero-order valence-corrected chi connectivity index (χ0v) is 8.77. The van der Waals surface area contributed by atoms with Crippen molar-refractivity contribution in [2.45, 2.75) is 13.3 Å². The van der Waals surface area contributed by atoms with Gasteiger partial charge in [-0.25, -0.2) is 0 Å². The van der Waals surface area contributed by atoms with E-state index in [9.17, 15) is 4.79 Å². The minimum atomic E-state index is -0.0773. The van der Waals surface area contributed by atoms with Gasteiger partial charge in [-0.05, 0) is 25.8 Å². The van der Waals surface area contributed by atoms with Gasteiger partial charge in [0.05, 0.1) is 5.69 Å². The molecular formula is C10H15N3O2. The summed E-state index contributed by atoms with van der Waals surface area (Å²) in [5.74, 6) is 0.676. The summed E-state index contributed by atoms with van der Waals surface area (Å²) >= 11 is 0. The van der Waals surface area contributed by atoms with E-state index in [0.29, 0.717) is 18.2 Å². The molecule has 15 heavy (non-hydrogen) atoms. The number of amides is 1. The van der Waals surface area contributed by atoms with Gasteiger partial charge in [-0.2, -0.15) is 0 Å². The second-order valence-corrected chi connectivity index (χ2v) is 3.97. The summed E-state index contributed by atoms with van der Waals surface area (Å²) in [7, 11) is 0. The standard InChI is InChI=1S/C10H15N3O2/c1-7-4-9(15-12-7)10(14)13-3-2-8(5-11)6-13/h4,8H,2-3,5-6,11H2,1H3. The van der Waals surface area contributed by atoms with E-state index in [1.807, 2.05) is 0 Å². The van der Waals surface area contributed by atoms with Crippen molar-refractivity contribution in [1.82, 2.24) is 10.1 Å². The molecule has 1 aliphatic rings. The molecule has 0 bridgehead atoms. The van der Waals surface area contributed by atoms with Gasteiger partial charge in [0, 0.05) is 19.2 Å². The molecule has 1 aromatic heterocycles. The fraction of sp³-hybridized carbons (Fsp3) is 0.600. The lowest BCUT2D eigenvalue weighted by Gasteiger charge is -2.13. The fourth-order valence-electron chi connectivity index (χ4n) is 1.83. The van der Waals surface area contributed by atoms with Gasteiger partial charge < -0.3 is 15.2 Å². The van der Waals surface area contributed by atoms with Crippen LogP contribution in [0.2, 0.25) is 0 Å². The molecule has 1 fully saturated rings. The van der Waals surface area contributed by atoms with Crippen molar-refractivity contribution in [3.05, 3.63) is 17.5 Å². The number of rotatable bonds is 2. The molecule has 0 aromatic carbocycles. The zero-order chi connectivity index (χ0) is 10.8. The molecule has 1 amide bonds. The largest absolute Gasteiger partial charge is 0.351 e. The number of carbonyl (C=O) groups is 1. The maximum absolute atomic E-state index is 11.9. The second kappa shape index (κ2) is 4.02. The van der Waals surface area contributed by atoms with Crippen molar-refractivity contribution in [3.63, 3.8) is 0 Å². The summed E-state index contributed by atoms with van der Waals surface area (Å²) in [6.07, 6.45) is 0.982. The van der Waals surface area contributed by atoms with Crippen molar-refractivity contribution in [1.29, 1.82) is 0 Å². The van der Waals surface area contributed by atoms with Gasteiger partial charge in [0.15, 0.2) is 0 Å². The number of aryl methyl sites for hydroxylation is 1. The van der Waals surface area contributed by atoms with Crippen molar-refractivity contribution in [2.24, 2.45) is 11.7 Å². The van der Waals surface area contributed by atoms with Crippen LogP contribution < -0.4 is 5.73 Å². The molecule has 82 valence electrons. The highest BCUT2D eigenvalue weighted by Gasteiger charge is 2.27. The normalized spacial score (nSPS) is 20.9. The van der Waals surface area contributed by atoms with Gasteiger partial charge in [0.2, 0.25) is 5.76 Å². The summed E-state index contributed by atoms with van der Waals surface area (Å²) in [6.45, 7) is 3.93. The summed E-state index contributed by atoms with van der Waals surface area (Å²) < 4.78 is 4.93. The molecule has 0 aliphatic carbocycles. The van der Waals surface area contributed by atoms with Crippen LogP contribution in [0, 0.1) is 12.8 Å². The Labute approximate surface area is 88.2 Å². The lowest BCUT2D eigenvalue weighted by atomic mass is 10.1. The average Bonchev–Trinajstić information content (AvgIpc) is 2.84. The van der Waals surface area contributed by atoms with Crippen LogP contribution in [0.25, 0.3) is 0 Å². The van der Waals surface area contributed by atoms with E-state index in [1.54, 1.807) is 17.9 Å². The number of nitrogens with zero attached hydrogens (tertiary/aromatic N) is 2. The first-order chi connectivity index (χ1) is 7.20. The Bertz CT molecular complexity index is 361. The van der Waals surface area contributed by atoms with Gasteiger partial charge in [0.25, 0.3) is 5.91 Å². The fourth-order valence-corrected chi connectivity index (χ4v) is 1.83. The summed E-state index contributed by atoms with van der Waals surface area (Å²) in [4.78, 5) is 13.6. The SMILES string of the molecule is Cc1cc(C(=O)N2CCC(CN)C2)on1. The van der Waals surface area contributed by atoms with Gasteiger partial charge in [-0.1, -0.05) is 5.16 Å². The summed E-state index contributed by atoms with van der Waals surface area (Å²) in [5.41, 5.74) is 6.29. The molecule has 1 saturated heterocycles. The maximum atomic E-state index is 11.9. The maximum Gasteiger partial charge on any atom is 0.292 e. The molecular weight excluding hydrogens is 194 g/mol. The molecule has 0 radical (unpaired) electrons. The molecule has 2 heterocycles. The molecule has 0 saturated carbocycles. The Morgan fingerprint density at radius 3 is 3.13 bits per heavy atom. The number of hydrogen-bond acceptors (Lipinski definition) is 4. The number of aromatic nitrogens is 1. The second-order valence-electron chi connectivity index (χ2n) is 3.97. The molecule has 2 rings (SSSR count). The molecule has 1 aliphatic heterocycles. The lowest BCUT2D eigenvalue weighted by molar-refractivity contribution is 0.0746. The molecule has 5 heteroatoms. The van der Waals surface area contributed by atoms with Crippen LogP contribution >= 0.6 is 0 Å². The molecule has 2 N–H and O–H groups in total. The highest BCUT2D eigenvalue weighted by molar-refractivity contribution is 5.91. The topological polar surface area (TPSA) is 72.4 Å². The third-order valence-corrected chi connectivity index (χ3v) is 2.75. The molecule has 1 atom stereocenters. The Morgan fingerprint density at radius 2 is 2.60 bits per heavy atom. The predicted molar refractivity (Wildman–Crippen MR) is 54.3 cm³/mol. The van der Waals surface area contributed by atoms with E-state index in [-0.39, 0.29) is 5.91 Å². The summed E-state index contributed by atoms with van der Waals surface area (Å²) in [6, 6.07) is 1.66. The van der Waals surface area contributed by atoms with Gasteiger partial charge in [0.1, 0.15) is 0 Å². The van der Waals surface area contributed by atoms with Crippen molar-refractivity contribution in [2.75, 3.05) is 19.6 Å². The van der Waals surface area contributed by atoms with Gasteiger partial charge in [-0.3, -0.25) is 4.79 Å². The van der Waals surface area contributed by atoms with Crippen LogP contribution in [0.4, 0.5) is 0 Å². The molecule has 1 aromatic rings. The van der Waals surface area contributed by atoms with Crippen molar-refractivity contribution >= 4 is 5.91 Å². The Morgan fingerprint density at radius 1 is 1.80 bits per heavy atom. The van der Waals surface area contributed by atoms with Gasteiger partial charge in [-0.15, -0.1) is 0 Å². The highest BCUT2D eigenvalue weighted by atomic mass is 16.5. The van der Waals surface area contributed by atoms with Crippen LogP contribution in [0.5, 0.6) is 0 Å². The van der Waals surface area contributed by atoms with Crippen LogP contribution in [0.15, 0.2) is 10.6 Å². The number of carbonyl (C=O) groups excluding carboxylic acids is 1. The number of likely N-dealkylation sites (tertiary alicyclic amines) is 1. The molecule has 0 spiro atoms. The average molecular weight is 209 g/mol. The lowest BCUT2D eigenvalue weighted by Crippen LogP contribution is -2.29. The van der Waals surface area contributed by atoms with E-state index in [2.05, 4.69) is 5.16 Å². The van der Waals surface area contributed by atoms with Crippen LogP contribution in [0.1, 0.15) is 22.7 Å². The smallest absolute Gasteiger partial charge is 0.292 e. The molecule has 5 nitrogen and oxygen atoms in total.